The van der Waals surface area contributed by atoms with Gasteiger partial charge in [-0.2, -0.15) is 0 Å². The van der Waals surface area contributed by atoms with Crippen LogP contribution < -0.4 is 0 Å². The van der Waals surface area contributed by atoms with Gasteiger partial charge in [0.25, 0.3) is 0 Å². The first-order chi connectivity index (χ1) is 10.1. The van der Waals surface area contributed by atoms with Crippen LogP contribution in [0.3, 0.4) is 0 Å². The zero-order valence-electron chi connectivity index (χ0n) is 12.1. The molecule has 1 aromatic carbocycles. The Morgan fingerprint density at radius 2 is 2.10 bits per heavy atom. The monoisotopic (exact) mass is 300 g/mol. The second-order valence-electron chi connectivity index (χ2n) is 6.53. The van der Waals surface area contributed by atoms with Crippen molar-refractivity contribution in [2.24, 2.45) is 5.92 Å². The van der Waals surface area contributed by atoms with Crippen LogP contribution >= 0.6 is 0 Å². The summed E-state index contributed by atoms with van der Waals surface area (Å²) in [7, 11) is 0. The second kappa shape index (κ2) is 4.89. The van der Waals surface area contributed by atoms with Gasteiger partial charge in [-0.1, -0.05) is 6.92 Å². The van der Waals surface area contributed by atoms with Gasteiger partial charge in [0.05, 0.1) is 0 Å². The summed E-state index contributed by atoms with van der Waals surface area (Å²) < 4.78 is 23.7. The topological polar surface area (TPSA) is 53.0 Å². The Labute approximate surface area is 127 Å². The van der Waals surface area contributed by atoms with Gasteiger partial charge >= 0.3 is 0 Å². The molecule has 0 N–H and O–H groups in total. The molecule has 2 aromatic rings. The quantitative estimate of drug-likeness (QED) is 0.798. The molecule has 0 radical (unpaired) electrons. The molecule has 3 nitrogen and oxygen atoms in total. The average Bonchev–Trinajstić information content (AvgIpc) is 3.28. The molecule has 4 rings (SSSR count). The molecule has 2 atom stereocenters. The van der Waals surface area contributed by atoms with E-state index in [-0.39, 0.29) is 0 Å². The van der Waals surface area contributed by atoms with Crippen molar-refractivity contribution in [3.63, 3.8) is 0 Å². The zero-order chi connectivity index (χ0) is 14.6. The number of nitrogens with zero attached hydrogens (tertiary/aromatic N) is 1. The smallest absolute Gasteiger partial charge is 0.0441 e. The Bertz CT molecular complexity index is 752. The largest absolute Gasteiger partial charge is 0.768 e. The number of rotatable bonds is 2. The van der Waals surface area contributed by atoms with Gasteiger partial charge in [-0.25, -0.2) is 0 Å². The van der Waals surface area contributed by atoms with E-state index in [0.29, 0.717) is 16.7 Å². The number of aromatic nitrogens is 1. The number of hydrogen-bond acceptors (Lipinski definition) is 3. The highest BCUT2D eigenvalue weighted by atomic mass is 32.2. The van der Waals surface area contributed by atoms with E-state index >= 15 is 0 Å². The summed E-state index contributed by atoms with van der Waals surface area (Å²) in [6.07, 6.45) is 7.19. The minimum Gasteiger partial charge on any atom is -0.768 e. The lowest BCUT2D eigenvalue weighted by molar-refractivity contribution is 0.491. The summed E-state index contributed by atoms with van der Waals surface area (Å²) in [4.78, 5) is 5.06. The lowest BCUT2D eigenvalue weighted by atomic mass is 9.83. The summed E-state index contributed by atoms with van der Waals surface area (Å²) in [5.74, 6) is 1.10. The Morgan fingerprint density at radius 3 is 2.81 bits per heavy atom. The fourth-order valence-corrected chi connectivity index (χ4v) is 4.24. The molecule has 0 spiro atoms. The molecule has 2 aliphatic carbocycles. The Morgan fingerprint density at radius 1 is 1.29 bits per heavy atom. The second-order valence-corrected chi connectivity index (χ2v) is 7.41. The summed E-state index contributed by atoms with van der Waals surface area (Å²) in [5, 5.41) is 1.83. The molecule has 4 heteroatoms. The molecule has 0 saturated heterocycles. The predicted molar refractivity (Wildman–Crippen MR) is 82.1 cm³/mol. The van der Waals surface area contributed by atoms with Crippen LogP contribution in [-0.4, -0.2) is 13.7 Å². The average molecular weight is 300 g/mol. The minimum absolute atomic E-state index is 0.526. The van der Waals surface area contributed by atoms with Gasteiger partial charge in [-0.05, 0) is 72.4 Å². The zero-order valence-corrected chi connectivity index (χ0v) is 12.9. The van der Waals surface area contributed by atoms with Crippen LogP contribution in [0, 0.1) is 5.92 Å². The van der Waals surface area contributed by atoms with E-state index in [1.54, 1.807) is 0 Å². The van der Waals surface area contributed by atoms with Crippen LogP contribution in [0.15, 0.2) is 23.2 Å². The van der Waals surface area contributed by atoms with Gasteiger partial charge in [0.2, 0.25) is 0 Å². The third-order valence-corrected chi connectivity index (χ3v) is 5.61. The molecule has 0 aliphatic heterocycles. The fraction of sp³-hybridized carbons (Fsp3) is 0.471. The third-order valence-electron chi connectivity index (χ3n) is 4.81. The van der Waals surface area contributed by atoms with E-state index in [1.807, 2.05) is 12.3 Å². The molecule has 110 valence electrons. The first-order valence-electron chi connectivity index (χ1n) is 7.67. The van der Waals surface area contributed by atoms with E-state index in [4.69, 9.17) is 0 Å². The maximum atomic E-state index is 11.9. The van der Waals surface area contributed by atoms with Gasteiger partial charge < -0.3 is 4.55 Å². The lowest BCUT2D eigenvalue weighted by Gasteiger charge is -2.26. The van der Waals surface area contributed by atoms with Gasteiger partial charge in [-0.15, -0.1) is 0 Å². The number of benzene rings is 1. The van der Waals surface area contributed by atoms with Crippen LogP contribution in [0.2, 0.25) is 0 Å². The van der Waals surface area contributed by atoms with Crippen molar-refractivity contribution in [2.75, 3.05) is 0 Å². The molecule has 1 fully saturated rings. The summed E-state index contributed by atoms with van der Waals surface area (Å²) in [6.45, 7) is 2.20. The molecule has 0 amide bonds. The standard InChI is InChI=1S/C17H19NO2S/c1-10-2-3-12-7-13-9-18-16(11-4-5-11)8-15(13)17(21(19)20)14(12)6-10/h7-11H,2-6H2,1H3,(H,19,20)/p-1. The first kappa shape index (κ1) is 13.4. The van der Waals surface area contributed by atoms with Crippen LogP contribution in [0.5, 0.6) is 0 Å². The molecular formula is C17H18NO2S-. The Hall–Kier alpha value is -1.26. The molecular weight excluding hydrogens is 282 g/mol. The first-order valence-corrected chi connectivity index (χ1v) is 8.74. The maximum Gasteiger partial charge on any atom is 0.0441 e. The van der Waals surface area contributed by atoms with Crippen molar-refractivity contribution in [2.45, 2.75) is 49.8 Å². The van der Waals surface area contributed by atoms with E-state index in [9.17, 15) is 8.76 Å². The van der Waals surface area contributed by atoms with Crippen molar-refractivity contribution < 1.29 is 8.76 Å². The lowest BCUT2D eigenvalue weighted by Crippen LogP contribution is -2.14. The number of hydrogen-bond donors (Lipinski definition) is 0. The third kappa shape index (κ3) is 2.30. The summed E-state index contributed by atoms with van der Waals surface area (Å²) >= 11 is -2.19. The van der Waals surface area contributed by atoms with E-state index in [2.05, 4.69) is 18.0 Å². The van der Waals surface area contributed by atoms with E-state index in [0.717, 1.165) is 41.3 Å². The van der Waals surface area contributed by atoms with Gasteiger partial charge in [-0.3, -0.25) is 9.19 Å². The van der Waals surface area contributed by atoms with Gasteiger partial charge in [0.15, 0.2) is 0 Å². The number of fused-ring (bicyclic) bond motifs is 2. The van der Waals surface area contributed by atoms with Gasteiger partial charge in [0, 0.05) is 33.5 Å². The molecule has 2 unspecified atom stereocenters. The van der Waals surface area contributed by atoms with Crippen LogP contribution in [-0.2, 0) is 23.9 Å². The Kier molecular flexibility index (Phi) is 3.12. The maximum absolute atomic E-state index is 11.9. The molecule has 1 aromatic heterocycles. The molecule has 2 aliphatic rings. The number of pyridine rings is 1. The normalized spacial score (nSPS) is 23.0. The summed E-state index contributed by atoms with van der Waals surface area (Å²) in [5.41, 5.74) is 3.29. The van der Waals surface area contributed by atoms with Crippen molar-refractivity contribution >= 4 is 21.9 Å². The van der Waals surface area contributed by atoms with Crippen LogP contribution in [0.25, 0.3) is 10.8 Å². The highest BCUT2D eigenvalue weighted by molar-refractivity contribution is 7.79. The van der Waals surface area contributed by atoms with Crippen molar-refractivity contribution in [3.05, 3.63) is 35.2 Å². The molecule has 0 bridgehead atoms. The van der Waals surface area contributed by atoms with Crippen molar-refractivity contribution in [1.82, 2.24) is 4.98 Å². The number of aryl methyl sites for hydroxylation is 1. The molecule has 1 heterocycles. The van der Waals surface area contributed by atoms with Gasteiger partial charge in [0.1, 0.15) is 0 Å². The van der Waals surface area contributed by atoms with Crippen LogP contribution in [0.1, 0.15) is 48.9 Å². The highest BCUT2D eigenvalue weighted by Crippen LogP contribution is 2.41. The summed E-state index contributed by atoms with van der Waals surface area (Å²) in [6, 6.07) is 4.16. The fourth-order valence-electron chi connectivity index (χ4n) is 3.47. The Balaban J connectivity index is 1.99. The molecule has 21 heavy (non-hydrogen) atoms. The minimum atomic E-state index is -2.19. The van der Waals surface area contributed by atoms with Crippen molar-refractivity contribution in [1.29, 1.82) is 0 Å². The molecule has 1 saturated carbocycles. The highest BCUT2D eigenvalue weighted by Gasteiger charge is 2.26. The van der Waals surface area contributed by atoms with Crippen LogP contribution in [0.4, 0.5) is 0 Å². The SMILES string of the molecule is CC1CCc2cc3cnc(C4CC4)cc3c(S(=O)[O-])c2C1. The van der Waals surface area contributed by atoms with E-state index in [1.165, 1.54) is 18.4 Å². The van der Waals surface area contributed by atoms with Crippen molar-refractivity contribution in [3.8, 4) is 0 Å². The predicted octanol–water partition coefficient (Wildman–Crippen LogP) is 3.48. The van der Waals surface area contributed by atoms with E-state index < -0.39 is 11.1 Å².